The van der Waals surface area contributed by atoms with Crippen LogP contribution in [-0.2, 0) is 5.41 Å². The summed E-state index contributed by atoms with van der Waals surface area (Å²) in [5.74, 6) is 0.955. The fourth-order valence-electron chi connectivity index (χ4n) is 2.19. The standard InChI is InChI=1S/C17H24N2OS/c1-6-20-15-8-7-12(9-13(15)17(3,4)5)14-10-21-16(19-14)11(2)18/h7-11H,6,18H2,1-5H3. The average Bonchev–Trinajstić information content (AvgIpc) is 2.88. The molecule has 3 nitrogen and oxygen atoms in total. The SMILES string of the molecule is CCOc1ccc(-c2csc(C(C)N)n2)cc1C(C)(C)C. The predicted octanol–water partition coefficient (Wildman–Crippen LogP) is 4.53. The molecule has 2 aromatic rings. The molecule has 0 bridgehead atoms. The van der Waals surface area contributed by atoms with Crippen LogP contribution in [0.2, 0.25) is 0 Å². The van der Waals surface area contributed by atoms with Gasteiger partial charge in [0.1, 0.15) is 10.8 Å². The maximum absolute atomic E-state index is 5.90. The van der Waals surface area contributed by atoms with Gasteiger partial charge in [0, 0.05) is 16.5 Å². The number of nitrogens with zero attached hydrogens (tertiary/aromatic N) is 1. The number of thiazole rings is 1. The maximum atomic E-state index is 5.90. The van der Waals surface area contributed by atoms with Crippen molar-refractivity contribution in [3.63, 3.8) is 0 Å². The molecule has 114 valence electrons. The summed E-state index contributed by atoms with van der Waals surface area (Å²) in [5.41, 5.74) is 9.23. The molecule has 1 atom stereocenters. The van der Waals surface area contributed by atoms with E-state index in [2.05, 4.69) is 43.3 Å². The average molecular weight is 304 g/mol. The molecule has 2 rings (SSSR count). The molecular weight excluding hydrogens is 280 g/mol. The highest BCUT2D eigenvalue weighted by Crippen LogP contribution is 2.35. The molecule has 4 heteroatoms. The number of aromatic nitrogens is 1. The molecule has 0 radical (unpaired) electrons. The molecule has 2 N–H and O–H groups in total. The quantitative estimate of drug-likeness (QED) is 0.903. The molecule has 1 unspecified atom stereocenters. The Morgan fingerprint density at radius 3 is 2.57 bits per heavy atom. The molecule has 21 heavy (non-hydrogen) atoms. The maximum Gasteiger partial charge on any atom is 0.123 e. The Balaban J connectivity index is 2.45. The zero-order valence-corrected chi connectivity index (χ0v) is 14.3. The largest absolute Gasteiger partial charge is 0.494 e. The van der Waals surface area contributed by atoms with Crippen molar-refractivity contribution in [2.75, 3.05) is 6.61 Å². The van der Waals surface area contributed by atoms with Crippen molar-refractivity contribution in [3.8, 4) is 17.0 Å². The second kappa shape index (κ2) is 6.16. The normalized spacial score (nSPS) is 13.2. The molecule has 0 spiro atoms. The van der Waals surface area contributed by atoms with Crippen molar-refractivity contribution in [2.24, 2.45) is 5.73 Å². The Hall–Kier alpha value is -1.39. The van der Waals surface area contributed by atoms with Crippen LogP contribution in [0.1, 0.15) is 51.2 Å². The fourth-order valence-corrected chi connectivity index (χ4v) is 2.97. The van der Waals surface area contributed by atoms with Crippen molar-refractivity contribution in [3.05, 3.63) is 34.2 Å². The minimum Gasteiger partial charge on any atom is -0.494 e. The first-order valence-corrected chi connectivity index (χ1v) is 8.19. The summed E-state index contributed by atoms with van der Waals surface area (Å²) in [7, 11) is 0. The third-order valence-corrected chi connectivity index (χ3v) is 4.34. The van der Waals surface area contributed by atoms with Crippen LogP contribution in [0.4, 0.5) is 0 Å². The summed E-state index contributed by atoms with van der Waals surface area (Å²) < 4.78 is 5.76. The van der Waals surface area contributed by atoms with E-state index in [9.17, 15) is 0 Å². The number of ether oxygens (including phenoxy) is 1. The summed E-state index contributed by atoms with van der Waals surface area (Å²) in [5, 5.41) is 3.04. The van der Waals surface area contributed by atoms with E-state index < -0.39 is 0 Å². The Bertz CT molecular complexity index is 611. The summed E-state index contributed by atoms with van der Waals surface area (Å²) >= 11 is 1.61. The second-order valence-electron chi connectivity index (χ2n) is 6.25. The Labute approximate surface area is 131 Å². The van der Waals surface area contributed by atoms with Crippen LogP contribution in [0.15, 0.2) is 23.6 Å². The van der Waals surface area contributed by atoms with Crippen LogP contribution < -0.4 is 10.5 Å². The smallest absolute Gasteiger partial charge is 0.123 e. The number of hydrogen-bond acceptors (Lipinski definition) is 4. The monoisotopic (exact) mass is 304 g/mol. The summed E-state index contributed by atoms with van der Waals surface area (Å²) in [6.07, 6.45) is 0. The topological polar surface area (TPSA) is 48.1 Å². The van der Waals surface area contributed by atoms with Crippen molar-refractivity contribution < 1.29 is 4.74 Å². The number of nitrogens with two attached hydrogens (primary N) is 1. The Kier molecular flexibility index (Phi) is 4.69. The van der Waals surface area contributed by atoms with Gasteiger partial charge in [0.15, 0.2) is 0 Å². The molecule has 0 aliphatic carbocycles. The molecule has 1 aromatic heterocycles. The highest BCUT2D eigenvalue weighted by Gasteiger charge is 2.20. The minimum atomic E-state index is -0.0199. The Morgan fingerprint density at radius 2 is 2.05 bits per heavy atom. The van der Waals surface area contributed by atoms with Gasteiger partial charge in [-0.05, 0) is 37.5 Å². The van der Waals surface area contributed by atoms with Crippen molar-refractivity contribution in [1.29, 1.82) is 0 Å². The van der Waals surface area contributed by atoms with Gasteiger partial charge in [0.25, 0.3) is 0 Å². The first-order chi connectivity index (χ1) is 9.82. The number of hydrogen-bond donors (Lipinski definition) is 1. The van der Waals surface area contributed by atoms with Crippen LogP contribution in [0.5, 0.6) is 5.75 Å². The Morgan fingerprint density at radius 1 is 1.33 bits per heavy atom. The molecule has 0 fully saturated rings. The van der Waals surface area contributed by atoms with E-state index >= 15 is 0 Å². The zero-order valence-electron chi connectivity index (χ0n) is 13.4. The van der Waals surface area contributed by atoms with Crippen LogP contribution in [0.25, 0.3) is 11.3 Å². The highest BCUT2D eigenvalue weighted by molar-refractivity contribution is 7.10. The van der Waals surface area contributed by atoms with E-state index in [0.29, 0.717) is 6.61 Å². The van der Waals surface area contributed by atoms with Crippen molar-refractivity contribution in [2.45, 2.75) is 46.1 Å². The fraction of sp³-hybridized carbons (Fsp3) is 0.471. The van der Waals surface area contributed by atoms with Gasteiger partial charge < -0.3 is 10.5 Å². The molecular formula is C17H24N2OS. The molecule has 1 aromatic carbocycles. The molecule has 0 aliphatic heterocycles. The van der Waals surface area contributed by atoms with E-state index in [-0.39, 0.29) is 11.5 Å². The van der Waals surface area contributed by atoms with Crippen molar-refractivity contribution in [1.82, 2.24) is 4.98 Å². The van der Waals surface area contributed by atoms with E-state index in [0.717, 1.165) is 22.0 Å². The van der Waals surface area contributed by atoms with Gasteiger partial charge in [-0.2, -0.15) is 0 Å². The highest BCUT2D eigenvalue weighted by atomic mass is 32.1. The van der Waals surface area contributed by atoms with Gasteiger partial charge in [-0.3, -0.25) is 0 Å². The molecule has 0 amide bonds. The third-order valence-electron chi connectivity index (χ3n) is 3.29. The lowest BCUT2D eigenvalue weighted by Gasteiger charge is -2.23. The van der Waals surface area contributed by atoms with Gasteiger partial charge in [0.05, 0.1) is 18.3 Å². The first kappa shape index (κ1) is 16.0. The second-order valence-corrected chi connectivity index (χ2v) is 7.14. The lowest BCUT2D eigenvalue weighted by atomic mass is 9.85. The van der Waals surface area contributed by atoms with Crippen LogP contribution >= 0.6 is 11.3 Å². The van der Waals surface area contributed by atoms with Gasteiger partial charge in [-0.25, -0.2) is 4.98 Å². The molecule has 0 saturated carbocycles. The molecule has 0 aliphatic rings. The lowest BCUT2D eigenvalue weighted by Crippen LogP contribution is -2.13. The van der Waals surface area contributed by atoms with Gasteiger partial charge in [-0.15, -0.1) is 11.3 Å². The lowest BCUT2D eigenvalue weighted by molar-refractivity contribution is 0.330. The van der Waals surface area contributed by atoms with Crippen LogP contribution in [0, 0.1) is 0 Å². The summed E-state index contributed by atoms with van der Waals surface area (Å²) in [6.45, 7) is 11.2. The third kappa shape index (κ3) is 3.63. The van der Waals surface area contributed by atoms with Crippen LogP contribution in [0.3, 0.4) is 0 Å². The first-order valence-electron chi connectivity index (χ1n) is 7.31. The zero-order chi connectivity index (χ0) is 15.6. The van der Waals surface area contributed by atoms with Gasteiger partial charge >= 0.3 is 0 Å². The summed E-state index contributed by atoms with van der Waals surface area (Å²) in [4.78, 5) is 4.63. The molecule has 1 heterocycles. The van der Waals surface area contributed by atoms with E-state index in [1.165, 1.54) is 5.56 Å². The van der Waals surface area contributed by atoms with E-state index in [1.54, 1.807) is 11.3 Å². The molecule has 0 saturated heterocycles. The minimum absolute atomic E-state index is 0.0199. The number of rotatable bonds is 4. The number of benzene rings is 1. The predicted molar refractivity (Wildman–Crippen MR) is 90.0 cm³/mol. The van der Waals surface area contributed by atoms with Gasteiger partial charge in [-0.1, -0.05) is 20.8 Å². The van der Waals surface area contributed by atoms with Crippen molar-refractivity contribution >= 4 is 11.3 Å². The van der Waals surface area contributed by atoms with E-state index in [1.807, 2.05) is 19.9 Å². The van der Waals surface area contributed by atoms with E-state index in [4.69, 9.17) is 10.5 Å². The van der Waals surface area contributed by atoms with Gasteiger partial charge in [0.2, 0.25) is 0 Å². The van der Waals surface area contributed by atoms with Crippen LogP contribution in [-0.4, -0.2) is 11.6 Å². The summed E-state index contributed by atoms with van der Waals surface area (Å²) in [6, 6.07) is 6.28.